The molecule has 1 fully saturated rings. The minimum absolute atomic E-state index is 0.386. The zero-order chi connectivity index (χ0) is 16.6. The van der Waals surface area contributed by atoms with E-state index in [1.54, 1.807) is 0 Å². The molecular formula is C21H21N3O. The van der Waals surface area contributed by atoms with Crippen molar-refractivity contribution in [2.24, 2.45) is 0 Å². The van der Waals surface area contributed by atoms with Crippen LogP contribution in [0.4, 0.5) is 0 Å². The lowest BCUT2D eigenvalue weighted by Gasteiger charge is -2.34. The molecule has 1 aliphatic carbocycles. The predicted octanol–water partition coefficient (Wildman–Crippen LogP) is 4.09. The van der Waals surface area contributed by atoms with Crippen molar-refractivity contribution in [1.82, 2.24) is 15.0 Å². The zero-order valence-electron chi connectivity index (χ0n) is 14.1. The highest BCUT2D eigenvalue weighted by Crippen LogP contribution is 2.38. The lowest BCUT2D eigenvalue weighted by atomic mass is 9.85. The Bertz CT molecular complexity index is 870. The summed E-state index contributed by atoms with van der Waals surface area (Å²) >= 11 is 0. The first-order valence-electron chi connectivity index (χ1n) is 9.04. The molecule has 1 atom stereocenters. The average Bonchev–Trinajstić information content (AvgIpc) is 3.41. The second-order valence-electron chi connectivity index (χ2n) is 7.15. The molecule has 4 heteroatoms. The fraction of sp³-hybridized carbons (Fsp3) is 0.333. The van der Waals surface area contributed by atoms with Crippen molar-refractivity contribution in [3.8, 4) is 0 Å². The van der Waals surface area contributed by atoms with Crippen molar-refractivity contribution in [3.63, 3.8) is 0 Å². The molecule has 2 aromatic carbocycles. The van der Waals surface area contributed by atoms with E-state index in [2.05, 4.69) is 69.6 Å². The Hall–Kier alpha value is -2.46. The first-order chi connectivity index (χ1) is 12.4. The van der Waals surface area contributed by atoms with Gasteiger partial charge in [-0.1, -0.05) is 59.8 Å². The van der Waals surface area contributed by atoms with E-state index in [-0.39, 0.29) is 0 Å². The van der Waals surface area contributed by atoms with Gasteiger partial charge in [0.25, 0.3) is 0 Å². The molecule has 1 aliphatic heterocycles. The molecule has 0 unspecified atom stereocenters. The van der Waals surface area contributed by atoms with Gasteiger partial charge in [-0.2, -0.15) is 4.98 Å². The molecule has 0 radical (unpaired) electrons. The summed E-state index contributed by atoms with van der Waals surface area (Å²) < 4.78 is 5.49. The summed E-state index contributed by atoms with van der Waals surface area (Å²) in [7, 11) is 0. The van der Waals surface area contributed by atoms with E-state index in [0.29, 0.717) is 11.8 Å². The van der Waals surface area contributed by atoms with Crippen LogP contribution in [0, 0.1) is 0 Å². The van der Waals surface area contributed by atoms with Gasteiger partial charge in [0, 0.05) is 24.9 Å². The highest BCUT2D eigenvalue weighted by atomic mass is 16.5. The number of nitrogens with zero attached hydrogens (tertiary/aromatic N) is 3. The molecule has 0 N–H and O–H groups in total. The van der Waals surface area contributed by atoms with Gasteiger partial charge in [0.05, 0.1) is 6.54 Å². The van der Waals surface area contributed by atoms with E-state index in [4.69, 9.17) is 4.52 Å². The van der Waals surface area contributed by atoms with Crippen LogP contribution >= 0.6 is 0 Å². The summed E-state index contributed by atoms with van der Waals surface area (Å²) in [6, 6.07) is 19.5. The Morgan fingerprint density at radius 2 is 1.80 bits per heavy atom. The summed E-state index contributed by atoms with van der Waals surface area (Å²) in [6.45, 7) is 2.63. The van der Waals surface area contributed by atoms with E-state index in [0.717, 1.165) is 31.3 Å². The minimum atomic E-state index is 0.386. The second kappa shape index (κ2) is 6.12. The quantitative estimate of drug-likeness (QED) is 0.722. The number of fused-ring (bicyclic) bond motifs is 1. The number of rotatable bonds is 4. The van der Waals surface area contributed by atoms with Crippen LogP contribution in [0.15, 0.2) is 59.1 Å². The molecule has 0 spiro atoms. The smallest absolute Gasteiger partial charge is 0.240 e. The lowest BCUT2D eigenvalue weighted by Crippen LogP contribution is -2.33. The van der Waals surface area contributed by atoms with Crippen LogP contribution in [0.3, 0.4) is 0 Å². The van der Waals surface area contributed by atoms with E-state index < -0.39 is 0 Å². The molecule has 126 valence electrons. The first-order valence-corrected chi connectivity index (χ1v) is 9.04. The lowest BCUT2D eigenvalue weighted by molar-refractivity contribution is 0.200. The highest BCUT2D eigenvalue weighted by molar-refractivity contribution is 5.40. The molecular weight excluding hydrogens is 310 g/mol. The molecule has 1 aromatic heterocycles. The molecule has 5 rings (SSSR count). The number of hydrogen-bond donors (Lipinski definition) is 0. The molecule has 1 saturated carbocycles. The molecule has 2 aliphatic rings. The molecule has 0 amide bonds. The van der Waals surface area contributed by atoms with Crippen molar-refractivity contribution >= 4 is 0 Å². The Labute approximate surface area is 147 Å². The summed E-state index contributed by atoms with van der Waals surface area (Å²) in [4.78, 5) is 7.02. The van der Waals surface area contributed by atoms with Gasteiger partial charge >= 0.3 is 0 Å². The standard InChI is InChI=1S/C21H21N3O/c1-2-6-15(7-3-1)19-13-24(12-17-8-4-5-9-18(17)19)14-20-22-21(23-25-20)16-10-11-16/h1-9,16,19H,10-14H2/t19-/m0/s1. The van der Waals surface area contributed by atoms with Crippen molar-refractivity contribution in [2.75, 3.05) is 6.54 Å². The van der Waals surface area contributed by atoms with Gasteiger partial charge in [-0.15, -0.1) is 0 Å². The maximum Gasteiger partial charge on any atom is 0.240 e. The van der Waals surface area contributed by atoms with Crippen molar-refractivity contribution < 1.29 is 4.52 Å². The Morgan fingerprint density at radius 3 is 2.64 bits per heavy atom. The van der Waals surface area contributed by atoms with Crippen LogP contribution in [0.1, 0.15) is 53.1 Å². The van der Waals surface area contributed by atoms with Gasteiger partial charge < -0.3 is 4.52 Å². The van der Waals surface area contributed by atoms with Crippen LogP contribution in [-0.2, 0) is 13.1 Å². The van der Waals surface area contributed by atoms with Crippen LogP contribution in [0.5, 0.6) is 0 Å². The number of hydrogen-bond acceptors (Lipinski definition) is 4. The molecule has 4 nitrogen and oxygen atoms in total. The Morgan fingerprint density at radius 1 is 1.00 bits per heavy atom. The van der Waals surface area contributed by atoms with E-state index in [1.807, 2.05) is 0 Å². The van der Waals surface area contributed by atoms with Gasteiger partial charge in [0.15, 0.2) is 5.82 Å². The summed E-state index contributed by atoms with van der Waals surface area (Å²) in [6.07, 6.45) is 2.40. The van der Waals surface area contributed by atoms with Gasteiger partial charge in [-0.25, -0.2) is 0 Å². The number of benzene rings is 2. The third-order valence-corrected chi connectivity index (χ3v) is 5.25. The highest BCUT2D eigenvalue weighted by Gasteiger charge is 2.30. The molecule has 0 saturated heterocycles. The van der Waals surface area contributed by atoms with Crippen LogP contribution in [-0.4, -0.2) is 21.6 Å². The van der Waals surface area contributed by atoms with E-state index in [1.165, 1.54) is 29.5 Å². The fourth-order valence-corrected chi connectivity index (χ4v) is 3.80. The minimum Gasteiger partial charge on any atom is -0.338 e. The predicted molar refractivity (Wildman–Crippen MR) is 95.1 cm³/mol. The Kier molecular flexibility index (Phi) is 3.63. The zero-order valence-corrected chi connectivity index (χ0v) is 14.1. The van der Waals surface area contributed by atoms with Crippen LogP contribution < -0.4 is 0 Å². The summed E-state index contributed by atoms with van der Waals surface area (Å²) in [5.74, 6) is 2.56. The topological polar surface area (TPSA) is 42.2 Å². The first kappa shape index (κ1) is 14.8. The van der Waals surface area contributed by atoms with Gasteiger partial charge in [-0.05, 0) is 29.5 Å². The third kappa shape index (κ3) is 2.98. The van der Waals surface area contributed by atoms with E-state index >= 15 is 0 Å². The fourth-order valence-electron chi connectivity index (χ4n) is 3.80. The van der Waals surface area contributed by atoms with Crippen molar-refractivity contribution in [3.05, 3.63) is 83.0 Å². The Balaban J connectivity index is 1.42. The van der Waals surface area contributed by atoms with Gasteiger partial charge in [0.1, 0.15) is 0 Å². The third-order valence-electron chi connectivity index (χ3n) is 5.25. The maximum atomic E-state index is 5.49. The molecule has 2 heterocycles. The number of aromatic nitrogens is 2. The van der Waals surface area contributed by atoms with Crippen molar-refractivity contribution in [2.45, 2.75) is 37.8 Å². The SMILES string of the molecule is c1ccc([C@@H]2CN(Cc3nc(C4CC4)no3)Cc3ccccc32)cc1. The summed E-state index contributed by atoms with van der Waals surface area (Å²) in [5.41, 5.74) is 4.20. The largest absolute Gasteiger partial charge is 0.338 e. The normalized spacial score (nSPS) is 20.4. The van der Waals surface area contributed by atoms with Crippen LogP contribution in [0.25, 0.3) is 0 Å². The molecule has 3 aromatic rings. The second-order valence-corrected chi connectivity index (χ2v) is 7.15. The molecule has 0 bridgehead atoms. The maximum absolute atomic E-state index is 5.49. The monoisotopic (exact) mass is 331 g/mol. The average molecular weight is 331 g/mol. The van der Waals surface area contributed by atoms with Crippen LogP contribution in [0.2, 0.25) is 0 Å². The van der Waals surface area contributed by atoms with Crippen molar-refractivity contribution in [1.29, 1.82) is 0 Å². The van der Waals surface area contributed by atoms with E-state index in [9.17, 15) is 0 Å². The van der Waals surface area contributed by atoms with Gasteiger partial charge in [0.2, 0.25) is 5.89 Å². The van der Waals surface area contributed by atoms with Gasteiger partial charge in [-0.3, -0.25) is 4.90 Å². The molecule has 25 heavy (non-hydrogen) atoms. The summed E-state index contributed by atoms with van der Waals surface area (Å²) in [5, 5.41) is 4.15.